The Labute approximate surface area is 109 Å². The highest BCUT2D eigenvalue weighted by atomic mass is 35.5. The lowest BCUT2D eigenvalue weighted by Gasteiger charge is -2.08. The topological polar surface area (TPSA) is 62.2 Å². The summed E-state index contributed by atoms with van der Waals surface area (Å²) < 4.78 is 0. The smallest absolute Gasteiger partial charge is 0.259 e. The number of pyridine rings is 1. The summed E-state index contributed by atoms with van der Waals surface area (Å²) in [7, 11) is 0. The normalized spacial score (nSPS) is 10.1. The second kappa shape index (κ2) is 5.06. The molecule has 2 aromatic rings. The maximum atomic E-state index is 12.0. The lowest BCUT2D eigenvalue weighted by molar-refractivity contribution is 0.102. The van der Waals surface area contributed by atoms with Gasteiger partial charge in [0.1, 0.15) is 5.75 Å². The lowest BCUT2D eigenvalue weighted by atomic mass is 10.2. The number of aromatic hydroxyl groups is 1. The first-order chi connectivity index (χ1) is 8.58. The summed E-state index contributed by atoms with van der Waals surface area (Å²) in [4.78, 5) is 16.0. The minimum atomic E-state index is -0.403. The number of hydrogen-bond acceptors (Lipinski definition) is 3. The van der Waals surface area contributed by atoms with Crippen molar-refractivity contribution in [1.82, 2.24) is 4.98 Å². The number of nitrogens with zero attached hydrogens (tertiary/aromatic N) is 1. The van der Waals surface area contributed by atoms with Crippen LogP contribution in [0.1, 0.15) is 16.1 Å². The zero-order chi connectivity index (χ0) is 13.1. The van der Waals surface area contributed by atoms with Gasteiger partial charge in [0, 0.05) is 11.2 Å². The third-order valence-corrected chi connectivity index (χ3v) is 2.69. The number of carbonyl (C=O) groups excluding carboxylic acids is 1. The van der Waals surface area contributed by atoms with Gasteiger partial charge in [-0.15, -0.1) is 0 Å². The van der Waals surface area contributed by atoms with E-state index in [-0.39, 0.29) is 11.3 Å². The van der Waals surface area contributed by atoms with Crippen molar-refractivity contribution < 1.29 is 9.90 Å². The molecule has 1 amide bonds. The molecule has 1 aromatic heterocycles. The van der Waals surface area contributed by atoms with Crippen LogP contribution in [0, 0.1) is 6.92 Å². The number of hydrogen-bond donors (Lipinski definition) is 2. The quantitative estimate of drug-likeness (QED) is 0.875. The standard InChI is InChI=1S/C13H11ClN2O2/c1-8-11(3-2-6-15-8)16-13(18)10-5-4-9(14)7-12(10)17/h2-7,17H,1H3,(H,16,18). The van der Waals surface area contributed by atoms with Gasteiger partial charge in [-0.25, -0.2) is 0 Å². The molecule has 0 saturated heterocycles. The number of aromatic nitrogens is 1. The molecule has 2 N–H and O–H groups in total. The molecule has 1 aromatic carbocycles. The predicted molar refractivity (Wildman–Crippen MR) is 70.0 cm³/mol. The molecule has 0 unspecified atom stereocenters. The van der Waals surface area contributed by atoms with E-state index < -0.39 is 5.91 Å². The monoisotopic (exact) mass is 262 g/mol. The van der Waals surface area contributed by atoms with Gasteiger partial charge >= 0.3 is 0 Å². The fourth-order valence-electron chi connectivity index (χ4n) is 1.50. The molecule has 92 valence electrons. The minimum absolute atomic E-state index is 0.151. The molecule has 18 heavy (non-hydrogen) atoms. The van der Waals surface area contributed by atoms with E-state index in [1.54, 1.807) is 31.3 Å². The number of amides is 1. The SMILES string of the molecule is Cc1ncccc1NC(=O)c1ccc(Cl)cc1O. The van der Waals surface area contributed by atoms with Gasteiger partial charge in [0.05, 0.1) is 16.9 Å². The average molecular weight is 263 g/mol. The molecule has 0 bridgehead atoms. The number of anilines is 1. The van der Waals surface area contributed by atoms with Gasteiger partial charge in [0.2, 0.25) is 0 Å². The third kappa shape index (κ3) is 2.60. The van der Waals surface area contributed by atoms with Crippen LogP contribution >= 0.6 is 11.6 Å². The molecule has 0 saturated carbocycles. The van der Waals surface area contributed by atoms with Crippen LogP contribution in [0.3, 0.4) is 0 Å². The third-order valence-electron chi connectivity index (χ3n) is 2.46. The Morgan fingerprint density at radius 1 is 1.39 bits per heavy atom. The second-order valence-electron chi connectivity index (χ2n) is 3.75. The molecule has 2 rings (SSSR count). The zero-order valence-corrected chi connectivity index (χ0v) is 10.4. The summed E-state index contributed by atoms with van der Waals surface area (Å²) >= 11 is 5.71. The Bertz CT molecular complexity index is 599. The molecule has 0 aliphatic rings. The summed E-state index contributed by atoms with van der Waals surface area (Å²) in [5.41, 5.74) is 1.49. The van der Waals surface area contributed by atoms with Crippen LogP contribution in [0.2, 0.25) is 5.02 Å². The summed E-state index contributed by atoms with van der Waals surface area (Å²) in [6.45, 7) is 1.79. The number of rotatable bonds is 2. The Morgan fingerprint density at radius 2 is 2.17 bits per heavy atom. The first-order valence-electron chi connectivity index (χ1n) is 5.29. The van der Waals surface area contributed by atoms with Crippen LogP contribution in [0.5, 0.6) is 5.75 Å². The maximum absolute atomic E-state index is 12.0. The molecule has 4 nitrogen and oxygen atoms in total. The highest BCUT2D eigenvalue weighted by Gasteiger charge is 2.12. The van der Waals surface area contributed by atoms with Gasteiger partial charge in [-0.2, -0.15) is 0 Å². The number of halogens is 1. The van der Waals surface area contributed by atoms with E-state index in [4.69, 9.17) is 11.6 Å². The van der Waals surface area contributed by atoms with Crippen molar-refractivity contribution in [2.75, 3.05) is 5.32 Å². The maximum Gasteiger partial charge on any atom is 0.259 e. The van der Waals surface area contributed by atoms with Crippen LogP contribution < -0.4 is 5.32 Å². The summed E-state index contributed by atoms with van der Waals surface area (Å²) in [5.74, 6) is -0.554. The number of nitrogens with one attached hydrogen (secondary N) is 1. The van der Waals surface area contributed by atoms with Crippen LogP contribution in [0.25, 0.3) is 0 Å². The van der Waals surface area contributed by atoms with Gasteiger partial charge in [0.15, 0.2) is 0 Å². The van der Waals surface area contributed by atoms with Gasteiger partial charge < -0.3 is 10.4 Å². The second-order valence-corrected chi connectivity index (χ2v) is 4.19. The fourth-order valence-corrected chi connectivity index (χ4v) is 1.67. The van der Waals surface area contributed by atoms with Crippen LogP contribution in [-0.4, -0.2) is 16.0 Å². The van der Waals surface area contributed by atoms with Gasteiger partial charge in [-0.3, -0.25) is 9.78 Å². The van der Waals surface area contributed by atoms with E-state index in [1.165, 1.54) is 12.1 Å². The van der Waals surface area contributed by atoms with Crippen LogP contribution in [0.4, 0.5) is 5.69 Å². The van der Waals surface area contributed by atoms with Gasteiger partial charge in [-0.05, 0) is 37.3 Å². The van der Waals surface area contributed by atoms with Crippen molar-refractivity contribution in [3.05, 3.63) is 52.8 Å². The number of phenolic OH excluding ortho intramolecular Hbond substituents is 1. The first kappa shape index (κ1) is 12.4. The van der Waals surface area contributed by atoms with E-state index in [0.717, 1.165) is 0 Å². The fraction of sp³-hybridized carbons (Fsp3) is 0.0769. The molecule has 0 atom stereocenters. The van der Waals surface area contributed by atoms with E-state index in [2.05, 4.69) is 10.3 Å². The van der Waals surface area contributed by atoms with E-state index in [1.807, 2.05) is 0 Å². The van der Waals surface area contributed by atoms with E-state index >= 15 is 0 Å². The van der Waals surface area contributed by atoms with Crippen molar-refractivity contribution >= 4 is 23.2 Å². The Kier molecular flexibility index (Phi) is 3.48. The number of phenols is 1. The number of aryl methyl sites for hydroxylation is 1. The van der Waals surface area contributed by atoms with Crippen molar-refractivity contribution in [2.45, 2.75) is 6.92 Å². The zero-order valence-electron chi connectivity index (χ0n) is 9.64. The van der Waals surface area contributed by atoms with E-state index in [0.29, 0.717) is 16.4 Å². The minimum Gasteiger partial charge on any atom is -0.507 e. The Morgan fingerprint density at radius 3 is 2.83 bits per heavy atom. The Balaban J connectivity index is 2.25. The summed E-state index contributed by atoms with van der Waals surface area (Å²) in [6.07, 6.45) is 1.64. The van der Waals surface area contributed by atoms with Crippen molar-refractivity contribution in [3.63, 3.8) is 0 Å². The highest BCUT2D eigenvalue weighted by Crippen LogP contribution is 2.23. The van der Waals surface area contributed by atoms with Crippen molar-refractivity contribution in [3.8, 4) is 5.75 Å². The average Bonchev–Trinajstić information content (AvgIpc) is 2.32. The molecule has 1 heterocycles. The van der Waals surface area contributed by atoms with Gasteiger partial charge in [0.25, 0.3) is 5.91 Å². The molecular formula is C13H11ClN2O2. The van der Waals surface area contributed by atoms with Crippen LogP contribution in [0.15, 0.2) is 36.5 Å². The number of carbonyl (C=O) groups is 1. The summed E-state index contributed by atoms with van der Waals surface area (Å²) in [5, 5.41) is 12.7. The molecule has 0 spiro atoms. The van der Waals surface area contributed by atoms with E-state index in [9.17, 15) is 9.90 Å². The summed E-state index contributed by atoms with van der Waals surface area (Å²) in [6, 6.07) is 7.81. The molecule has 0 aliphatic heterocycles. The molecule has 0 aliphatic carbocycles. The van der Waals surface area contributed by atoms with Crippen molar-refractivity contribution in [2.24, 2.45) is 0 Å². The van der Waals surface area contributed by atoms with Gasteiger partial charge in [-0.1, -0.05) is 11.6 Å². The largest absolute Gasteiger partial charge is 0.507 e. The number of benzene rings is 1. The molecule has 0 fully saturated rings. The predicted octanol–water partition coefficient (Wildman–Crippen LogP) is 3.00. The van der Waals surface area contributed by atoms with Crippen molar-refractivity contribution in [1.29, 1.82) is 0 Å². The lowest BCUT2D eigenvalue weighted by Crippen LogP contribution is -2.13. The molecular weight excluding hydrogens is 252 g/mol. The Hall–Kier alpha value is -2.07. The molecule has 5 heteroatoms. The first-order valence-corrected chi connectivity index (χ1v) is 5.67. The van der Waals surface area contributed by atoms with Crippen LogP contribution in [-0.2, 0) is 0 Å². The highest BCUT2D eigenvalue weighted by molar-refractivity contribution is 6.30. The molecule has 0 radical (unpaired) electrons.